The van der Waals surface area contributed by atoms with E-state index in [4.69, 9.17) is 4.98 Å². The van der Waals surface area contributed by atoms with E-state index in [1.54, 1.807) is 11.8 Å². The van der Waals surface area contributed by atoms with E-state index in [9.17, 15) is 0 Å². The molecule has 0 spiro atoms. The molecule has 4 heteroatoms. The zero-order valence-electron chi connectivity index (χ0n) is 16.4. The third-order valence-corrected chi connectivity index (χ3v) is 6.31. The predicted octanol–water partition coefficient (Wildman–Crippen LogP) is 5.54. The van der Waals surface area contributed by atoms with Gasteiger partial charge in [-0.2, -0.15) is 0 Å². The zero-order chi connectivity index (χ0) is 19.2. The van der Waals surface area contributed by atoms with Crippen molar-refractivity contribution in [2.75, 3.05) is 18.0 Å². The van der Waals surface area contributed by atoms with Gasteiger partial charge in [0.15, 0.2) is 5.16 Å². The van der Waals surface area contributed by atoms with Gasteiger partial charge in [0.05, 0.1) is 0 Å². The molecule has 4 rings (SSSR count). The summed E-state index contributed by atoms with van der Waals surface area (Å²) in [7, 11) is 0. The van der Waals surface area contributed by atoms with Crippen molar-refractivity contribution in [2.45, 2.75) is 37.1 Å². The molecule has 28 heavy (non-hydrogen) atoms. The van der Waals surface area contributed by atoms with Crippen molar-refractivity contribution in [3.63, 3.8) is 0 Å². The summed E-state index contributed by atoms with van der Waals surface area (Å²) in [5.74, 6) is 2.75. The standard InChI is InChI=1S/C24H27N3S/c1-19-6-5-9-22(16-19)18-28-24-25-13-10-23(26-24)27-14-11-21(12-15-27)17-20-7-3-2-4-8-20/h2-10,13,16,21H,11-12,14-15,17-18H2,1H3. The Morgan fingerprint density at radius 1 is 0.964 bits per heavy atom. The first kappa shape index (κ1) is 19.0. The average Bonchev–Trinajstić information content (AvgIpc) is 2.74. The van der Waals surface area contributed by atoms with Gasteiger partial charge in [-0.05, 0) is 49.3 Å². The van der Waals surface area contributed by atoms with Crippen LogP contribution in [0.1, 0.15) is 29.5 Å². The van der Waals surface area contributed by atoms with Gasteiger partial charge in [-0.3, -0.25) is 0 Å². The van der Waals surface area contributed by atoms with Crippen LogP contribution in [0.2, 0.25) is 0 Å². The van der Waals surface area contributed by atoms with E-state index in [0.29, 0.717) is 0 Å². The minimum absolute atomic E-state index is 0.774. The molecule has 1 aliphatic rings. The van der Waals surface area contributed by atoms with E-state index in [1.807, 2.05) is 12.3 Å². The van der Waals surface area contributed by atoms with Gasteiger partial charge >= 0.3 is 0 Å². The molecule has 0 saturated carbocycles. The number of aryl methyl sites for hydroxylation is 1. The second-order valence-electron chi connectivity index (χ2n) is 7.60. The maximum atomic E-state index is 4.82. The summed E-state index contributed by atoms with van der Waals surface area (Å²) in [6.45, 7) is 4.29. The van der Waals surface area contributed by atoms with Crippen LogP contribution in [0.3, 0.4) is 0 Å². The van der Waals surface area contributed by atoms with Gasteiger partial charge in [0.25, 0.3) is 0 Å². The lowest BCUT2D eigenvalue weighted by Gasteiger charge is -2.33. The van der Waals surface area contributed by atoms with E-state index >= 15 is 0 Å². The van der Waals surface area contributed by atoms with Crippen LogP contribution in [0.25, 0.3) is 0 Å². The van der Waals surface area contributed by atoms with Gasteiger partial charge < -0.3 is 4.90 Å². The van der Waals surface area contributed by atoms with Gasteiger partial charge in [-0.1, -0.05) is 71.9 Å². The molecule has 1 fully saturated rings. The third kappa shape index (κ3) is 5.14. The zero-order valence-corrected chi connectivity index (χ0v) is 17.2. The van der Waals surface area contributed by atoms with Crippen LogP contribution in [0.4, 0.5) is 5.82 Å². The topological polar surface area (TPSA) is 29.0 Å². The number of piperidine rings is 1. The third-order valence-electron chi connectivity index (χ3n) is 5.37. The van der Waals surface area contributed by atoms with Crippen molar-refractivity contribution in [3.05, 3.63) is 83.6 Å². The average molecular weight is 390 g/mol. The van der Waals surface area contributed by atoms with Gasteiger partial charge in [-0.15, -0.1) is 0 Å². The second-order valence-corrected chi connectivity index (χ2v) is 8.54. The highest BCUT2D eigenvalue weighted by Gasteiger charge is 2.20. The van der Waals surface area contributed by atoms with Crippen molar-refractivity contribution in [1.29, 1.82) is 0 Å². The molecule has 1 aliphatic heterocycles. The van der Waals surface area contributed by atoms with Crippen LogP contribution in [-0.4, -0.2) is 23.1 Å². The molecule has 0 amide bonds. The molecule has 0 bridgehead atoms. The highest BCUT2D eigenvalue weighted by atomic mass is 32.2. The summed E-state index contributed by atoms with van der Waals surface area (Å²) in [6.07, 6.45) is 5.54. The Balaban J connectivity index is 1.32. The van der Waals surface area contributed by atoms with E-state index in [1.165, 1.54) is 36.0 Å². The van der Waals surface area contributed by atoms with E-state index in [0.717, 1.165) is 35.7 Å². The fourth-order valence-corrected chi connectivity index (χ4v) is 4.61. The number of anilines is 1. The normalized spacial score (nSPS) is 15.0. The summed E-state index contributed by atoms with van der Waals surface area (Å²) in [6, 6.07) is 21.6. The Morgan fingerprint density at radius 3 is 2.54 bits per heavy atom. The number of hydrogen-bond donors (Lipinski definition) is 0. The van der Waals surface area contributed by atoms with Crippen LogP contribution in [0, 0.1) is 12.8 Å². The van der Waals surface area contributed by atoms with Crippen molar-refractivity contribution in [2.24, 2.45) is 5.92 Å². The molecule has 0 radical (unpaired) electrons. The SMILES string of the molecule is Cc1cccc(CSc2nccc(N3CCC(Cc4ccccc4)CC3)n2)c1. The van der Waals surface area contributed by atoms with Gasteiger partial charge in [-0.25, -0.2) is 9.97 Å². The molecule has 3 nitrogen and oxygen atoms in total. The van der Waals surface area contributed by atoms with Crippen LogP contribution < -0.4 is 4.90 Å². The summed E-state index contributed by atoms with van der Waals surface area (Å²) in [5.41, 5.74) is 4.07. The minimum Gasteiger partial charge on any atom is -0.356 e. The van der Waals surface area contributed by atoms with Crippen LogP contribution >= 0.6 is 11.8 Å². The number of aromatic nitrogens is 2. The van der Waals surface area contributed by atoms with Gasteiger partial charge in [0.1, 0.15) is 5.82 Å². The Kier molecular flexibility index (Phi) is 6.27. The monoisotopic (exact) mass is 389 g/mol. The first-order valence-electron chi connectivity index (χ1n) is 10.1. The molecule has 0 atom stereocenters. The highest BCUT2D eigenvalue weighted by molar-refractivity contribution is 7.98. The summed E-state index contributed by atoms with van der Waals surface area (Å²) in [4.78, 5) is 11.7. The first-order chi connectivity index (χ1) is 13.8. The summed E-state index contributed by atoms with van der Waals surface area (Å²) in [5, 5.41) is 0.866. The Hall–Kier alpha value is -2.33. The number of hydrogen-bond acceptors (Lipinski definition) is 4. The predicted molar refractivity (Wildman–Crippen MR) is 118 cm³/mol. The number of benzene rings is 2. The Morgan fingerprint density at radius 2 is 1.75 bits per heavy atom. The van der Waals surface area contributed by atoms with E-state index < -0.39 is 0 Å². The van der Waals surface area contributed by atoms with Crippen molar-refractivity contribution in [1.82, 2.24) is 9.97 Å². The second kappa shape index (κ2) is 9.24. The fraction of sp³-hybridized carbons (Fsp3) is 0.333. The lowest BCUT2D eigenvalue weighted by atomic mass is 9.90. The lowest BCUT2D eigenvalue weighted by molar-refractivity contribution is 0.402. The Bertz CT molecular complexity index is 889. The van der Waals surface area contributed by atoms with Crippen molar-refractivity contribution >= 4 is 17.6 Å². The highest BCUT2D eigenvalue weighted by Crippen LogP contribution is 2.26. The molecule has 0 N–H and O–H groups in total. The van der Waals surface area contributed by atoms with Crippen molar-refractivity contribution < 1.29 is 0 Å². The fourth-order valence-electron chi connectivity index (χ4n) is 3.84. The number of rotatable bonds is 6. The smallest absolute Gasteiger partial charge is 0.189 e. The molecule has 0 aliphatic carbocycles. The van der Waals surface area contributed by atoms with E-state index in [2.05, 4.69) is 71.4 Å². The minimum atomic E-state index is 0.774. The molecule has 1 saturated heterocycles. The summed E-state index contributed by atoms with van der Waals surface area (Å²) < 4.78 is 0. The molecule has 3 aromatic rings. The number of nitrogens with zero attached hydrogens (tertiary/aromatic N) is 3. The molecule has 1 aromatic heterocycles. The Labute approximate surface area is 172 Å². The maximum absolute atomic E-state index is 4.82. The molecule has 2 heterocycles. The molecule has 2 aromatic carbocycles. The van der Waals surface area contributed by atoms with Gasteiger partial charge in [0, 0.05) is 25.0 Å². The number of thioether (sulfide) groups is 1. The van der Waals surface area contributed by atoms with Crippen LogP contribution in [0.5, 0.6) is 0 Å². The lowest BCUT2D eigenvalue weighted by Crippen LogP contribution is -2.34. The molecular weight excluding hydrogens is 362 g/mol. The van der Waals surface area contributed by atoms with Gasteiger partial charge in [0.2, 0.25) is 0 Å². The van der Waals surface area contributed by atoms with Crippen molar-refractivity contribution in [3.8, 4) is 0 Å². The maximum Gasteiger partial charge on any atom is 0.189 e. The molecule has 144 valence electrons. The molecule has 0 unspecified atom stereocenters. The summed E-state index contributed by atoms with van der Waals surface area (Å²) >= 11 is 1.71. The van der Waals surface area contributed by atoms with E-state index in [-0.39, 0.29) is 0 Å². The quantitative estimate of drug-likeness (QED) is 0.409. The van der Waals surface area contributed by atoms with Crippen LogP contribution in [-0.2, 0) is 12.2 Å². The first-order valence-corrected chi connectivity index (χ1v) is 11.0. The molecular formula is C24H27N3S. The largest absolute Gasteiger partial charge is 0.356 e. The van der Waals surface area contributed by atoms with Crippen LogP contribution in [0.15, 0.2) is 72.0 Å².